The highest BCUT2D eigenvalue weighted by Gasteiger charge is 2.28. The molecule has 6 nitrogen and oxygen atoms in total. The summed E-state index contributed by atoms with van der Waals surface area (Å²) in [6.45, 7) is -0.376. The van der Waals surface area contributed by atoms with E-state index in [9.17, 15) is 17.6 Å². The average Bonchev–Trinajstić information content (AvgIpc) is 3.14. The van der Waals surface area contributed by atoms with Gasteiger partial charge in [-0.05, 0) is 49.2 Å². The maximum absolute atomic E-state index is 13.2. The van der Waals surface area contributed by atoms with Crippen LogP contribution in [0.2, 0.25) is 0 Å². The van der Waals surface area contributed by atoms with E-state index < -0.39 is 15.8 Å². The third-order valence-electron chi connectivity index (χ3n) is 4.34. The van der Waals surface area contributed by atoms with Crippen LogP contribution in [-0.4, -0.2) is 31.9 Å². The van der Waals surface area contributed by atoms with Crippen molar-refractivity contribution in [2.24, 2.45) is 0 Å². The molecule has 0 radical (unpaired) electrons. The number of aromatic nitrogens is 1. The number of nitrogens with zero attached hydrogens (tertiary/aromatic N) is 2. The van der Waals surface area contributed by atoms with Gasteiger partial charge in [-0.1, -0.05) is 12.8 Å². The zero-order chi connectivity index (χ0) is 18.6. The molecular weight excluding hydrogens is 357 g/mol. The van der Waals surface area contributed by atoms with Crippen LogP contribution in [0.1, 0.15) is 25.7 Å². The van der Waals surface area contributed by atoms with Gasteiger partial charge in [0.15, 0.2) is 0 Å². The number of halogens is 1. The monoisotopic (exact) mass is 377 g/mol. The zero-order valence-corrected chi connectivity index (χ0v) is 15.0. The molecule has 0 bridgehead atoms. The molecule has 1 heterocycles. The van der Waals surface area contributed by atoms with Gasteiger partial charge in [0.05, 0.1) is 5.69 Å². The Labute approximate surface area is 152 Å². The highest BCUT2D eigenvalue weighted by atomic mass is 32.2. The van der Waals surface area contributed by atoms with Crippen LogP contribution in [-0.2, 0) is 14.8 Å². The summed E-state index contributed by atoms with van der Waals surface area (Å²) in [4.78, 5) is 16.2. The minimum atomic E-state index is -4.01. The van der Waals surface area contributed by atoms with Crippen LogP contribution in [0.25, 0.3) is 0 Å². The number of nitrogens with one attached hydrogen (secondary N) is 1. The molecule has 0 unspecified atom stereocenters. The Morgan fingerprint density at radius 2 is 1.88 bits per heavy atom. The molecule has 26 heavy (non-hydrogen) atoms. The van der Waals surface area contributed by atoms with E-state index in [1.807, 2.05) is 0 Å². The molecule has 0 spiro atoms. The van der Waals surface area contributed by atoms with Crippen molar-refractivity contribution in [1.82, 2.24) is 10.3 Å². The average molecular weight is 377 g/mol. The summed E-state index contributed by atoms with van der Waals surface area (Å²) >= 11 is 0. The number of hydrogen-bond acceptors (Lipinski definition) is 4. The Hall–Kier alpha value is -2.48. The topological polar surface area (TPSA) is 79.4 Å². The SMILES string of the molecule is O=C(CN(c1ccc(F)cc1)S(=O)(=O)c1cccnc1)NC1CCCC1. The van der Waals surface area contributed by atoms with Gasteiger partial charge in [0.1, 0.15) is 17.3 Å². The van der Waals surface area contributed by atoms with E-state index in [-0.39, 0.29) is 29.1 Å². The van der Waals surface area contributed by atoms with Crippen LogP contribution in [0.4, 0.5) is 10.1 Å². The second-order valence-electron chi connectivity index (χ2n) is 6.23. The predicted molar refractivity (Wildman–Crippen MR) is 95.6 cm³/mol. The van der Waals surface area contributed by atoms with Crippen molar-refractivity contribution >= 4 is 21.6 Å². The third-order valence-corrected chi connectivity index (χ3v) is 6.10. The second-order valence-corrected chi connectivity index (χ2v) is 8.09. The number of sulfonamides is 1. The lowest BCUT2D eigenvalue weighted by Gasteiger charge is -2.24. The van der Waals surface area contributed by atoms with Crippen molar-refractivity contribution in [2.45, 2.75) is 36.6 Å². The quantitative estimate of drug-likeness (QED) is 0.839. The highest BCUT2D eigenvalue weighted by Crippen LogP contribution is 2.24. The van der Waals surface area contributed by atoms with Gasteiger partial charge >= 0.3 is 0 Å². The smallest absolute Gasteiger partial charge is 0.266 e. The number of carbonyl (C=O) groups is 1. The first kappa shape index (κ1) is 18.3. The van der Waals surface area contributed by atoms with Gasteiger partial charge in [-0.2, -0.15) is 0 Å². The normalized spacial score (nSPS) is 15.0. The molecule has 1 saturated carbocycles. The summed E-state index contributed by atoms with van der Waals surface area (Å²) in [5, 5.41) is 2.88. The first-order chi connectivity index (χ1) is 12.5. The van der Waals surface area contributed by atoms with E-state index in [1.165, 1.54) is 36.7 Å². The van der Waals surface area contributed by atoms with Crippen molar-refractivity contribution in [3.05, 3.63) is 54.6 Å². The Morgan fingerprint density at radius 1 is 1.19 bits per heavy atom. The molecule has 1 aliphatic carbocycles. The van der Waals surface area contributed by atoms with E-state index in [4.69, 9.17) is 0 Å². The molecule has 0 aliphatic heterocycles. The van der Waals surface area contributed by atoms with Crippen molar-refractivity contribution in [1.29, 1.82) is 0 Å². The number of carbonyl (C=O) groups excluding carboxylic acids is 1. The maximum Gasteiger partial charge on any atom is 0.266 e. The molecule has 1 aliphatic rings. The third kappa shape index (κ3) is 4.19. The van der Waals surface area contributed by atoms with Crippen molar-refractivity contribution in [3.63, 3.8) is 0 Å². The summed E-state index contributed by atoms with van der Waals surface area (Å²) in [5.74, 6) is -0.864. The Bertz CT molecular complexity index is 851. The molecule has 8 heteroatoms. The fourth-order valence-corrected chi connectivity index (χ4v) is 4.41. The molecule has 138 valence electrons. The molecule has 1 amide bonds. The summed E-state index contributed by atoms with van der Waals surface area (Å²) in [6.07, 6.45) is 6.60. The Morgan fingerprint density at radius 3 is 2.50 bits per heavy atom. The number of rotatable bonds is 6. The number of pyridine rings is 1. The van der Waals surface area contributed by atoms with Crippen LogP contribution < -0.4 is 9.62 Å². The standard InChI is InChI=1S/C18H20FN3O3S/c19-14-7-9-16(10-8-14)22(13-18(23)21-15-4-1-2-5-15)26(24,25)17-6-3-11-20-12-17/h3,6-12,15H,1-2,4-5,13H2,(H,21,23). The number of anilines is 1. The lowest BCUT2D eigenvalue weighted by atomic mass is 10.2. The fourth-order valence-electron chi connectivity index (χ4n) is 3.02. The maximum atomic E-state index is 13.2. The largest absolute Gasteiger partial charge is 0.352 e. The van der Waals surface area contributed by atoms with E-state index in [1.54, 1.807) is 0 Å². The summed E-state index contributed by atoms with van der Waals surface area (Å²) in [7, 11) is -4.01. The molecule has 1 N–H and O–H groups in total. The number of amides is 1. The number of hydrogen-bond donors (Lipinski definition) is 1. The van der Waals surface area contributed by atoms with Gasteiger partial charge in [0.25, 0.3) is 10.0 Å². The molecule has 0 atom stereocenters. The second kappa shape index (κ2) is 7.82. The highest BCUT2D eigenvalue weighted by molar-refractivity contribution is 7.92. The summed E-state index contributed by atoms with van der Waals surface area (Å²) in [5.41, 5.74) is 0.219. The van der Waals surface area contributed by atoms with Gasteiger partial charge in [-0.25, -0.2) is 12.8 Å². The Balaban J connectivity index is 1.89. The summed E-state index contributed by atoms with van der Waals surface area (Å²) < 4.78 is 40.2. The minimum absolute atomic E-state index is 0.0296. The Kier molecular flexibility index (Phi) is 5.51. The van der Waals surface area contributed by atoms with Gasteiger partial charge in [0, 0.05) is 18.4 Å². The van der Waals surface area contributed by atoms with Gasteiger partial charge < -0.3 is 5.32 Å². The minimum Gasteiger partial charge on any atom is -0.352 e. The van der Waals surface area contributed by atoms with Crippen LogP contribution in [0.15, 0.2) is 53.7 Å². The molecule has 1 fully saturated rings. The van der Waals surface area contributed by atoms with Crippen molar-refractivity contribution in [3.8, 4) is 0 Å². The van der Waals surface area contributed by atoms with E-state index in [0.29, 0.717) is 0 Å². The lowest BCUT2D eigenvalue weighted by molar-refractivity contribution is -0.120. The van der Waals surface area contributed by atoms with Crippen LogP contribution in [0.3, 0.4) is 0 Å². The molecule has 2 aromatic rings. The predicted octanol–water partition coefficient (Wildman–Crippen LogP) is 2.47. The lowest BCUT2D eigenvalue weighted by Crippen LogP contribution is -2.43. The first-order valence-electron chi connectivity index (χ1n) is 8.44. The van der Waals surface area contributed by atoms with Crippen molar-refractivity contribution in [2.75, 3.05) is 10.8 Å². The molecule has 1 aromatic carbocycles. The van der Waals surface area contributed by atoms with Crippen LogP contribution in [0.5, 0.6) is 0 Å². The molecule has 3 rings (SSSR count). The van der Waals surface area contributed by atoms with Gasteiger partial charge in [-0.15, -0.1) is 0 Å². The number of benzene rings is 1. The van der Waals surface area contributed by atoms with Gasteiger partial charge in [-0.3, -0.25) is 14.1 Å². The zero-order valence-electron chi connectivity index (χ0n) is 14.1. The molecular formula is C18H20FN3O3S. The van der Waals surface area contributed by atoms with Crippen molar-refractivity contribution < 1.29 is 17.6 Å². The van der Waals surface area contributed by atoms with E-state index in [2.05, 4.69) is 10.3 Å². The molecule has 1 aromatic heterocycles. The van der Waals surface area contributed by atoms with Gasteiger partial charge in [0.2, 0.25) is 5.91 Å². The first-order valence-corrected chi connectivity index (χ1v) is 9.88. The fraction of sp³-hybridized carbons (Fsp3) is 0.333. The summed E-state index contributed by atoms with van der Waals surface area (Å²) in [6, 6.07) is 8.00. The van der Waals surface area contributed by atoms with E-state index in [0.717, 1.165) is 42.1 Å². The van der Waals surface area contributed by atoms with E-state index >= 15 is 0 Å². The van der Waals surface area contributed by atoms with Crippen LogP contribution >= 0.6 is 0 Å². The molecule has 0 saturated heterocycles. The van der Waals surface area contributed by atoms with Crippen LogP contribution in [0, 0.1) is 5.82 Å².